The van der Waals surface area contributed by atoms with Crippen LogP contribution in [0.1, 0.15) is 31.3 Å². The van der Waals surface area contributed by atoms with E-state index in [-0.39, 0.29) is 10.6 Å². The van der Waals surface area contributed by atoms with E-state index in [4.69, 9.17) is 4.98 Å². The van der Waals surface area contributed by atoms with Gasteiger partial charge in [0, 0.05) is 61.7 Å². The molecule has 25 heavy (non-hydrogen) atoms. The zero-order chi connectivity index (χ0) is 18.0. The van der Waals surface area contributed by atoms with Gasteiger partial charge < -0.3 is 9.80 Å². The molecule has 7 heteroatoms. The minimum atomic E-state index is -0.370. The van der Waals surface area contributed by atoms with E-state index in [2.05, 4.69) is 28.6 Å². The van der Waals surface area contributed by atoms with Gasteiger partial charge in [-0.3, -0.25) is 10.1 Å². The first-order valence-electron chi connectivity index (χ1n) is 8.54. The number of nitro benzene ring substituents is 1. The van der Waals surface area contributed by atoms with Crippen LogP contribution in [-0.4, -0.2) is 41.1 Å². The van der Waals surface area contributed by atoms with Gasteiger partial charge in [0.25, 0.3) is 5.69 Å². The highest BCUT2D eigenvalue weighted by atomic mass is 16.6. The standard InChI is InChI=1S/C18H23N5O2/c1-13(2)18-19-14(3)12-17(20-18)22-10-8-21(9-11-22)15-4-6-16(7-5-15)23(24)25/h4-7,12-13H,8-11H2,1-3H3. The summed E-state index contributed by atoms with van der Waals surface area (Å²) in [6, 6.07) is 8.79. The summed E-state index contributed by atoms with van der Waals surface area (Å²) in [5.74, 6) is 2.17. The quantitative estimate of drug-likeness (QED) is 0.628. The van der Waals surface area contributed by atoms with E-state index in [1.807, 2.05) is 25.1 Å². The van der Waals surface area contributed by atoms with Gasteiger partial charge in [0.05, 0.1) is 4.92 Å². The monoisotopic (exact) mass is 341 g/mol. The molecule has 1 aromatic heterocycles. The van der Waals surface area contributed by atoms with Crippen molar-refractivity contribution in [3.05, 3.63) is 52.0 Å². The van der Waals surface area contributed by atoms with Gasteiger partial charge in [0.1, 0.15) is 11.6 Å². The van der Waals surface area contributed by atoms with Gasteiger partial charge >= 0.3 is 0 Å². The van der Waals surface area contributed by atoms with Crippen LogP contribution in [0.3, 0.4) is 0 Å². The van der Waals surface area contributed by atoms with E-state index in [0.717, 1.165) is 49.2 Å². The van der Waals surface area contributed by atoms with E-state index in [0.29, 0.717) is 5.92 Å². The molecule has 0 unspecified atom stereocenters. The van der Waals surface area contributed by atoms with Crippen molar-refractivity contribution in [1.82, 2.24) is 9.97 Å². The van der Waals surface area contributed by atoms with Crippen LogP contribution >= 0.6 is 0 Å². The van der Waals surface area contributed by atoms with Crippen molar-refractivity contribution in [3.63, 3.8) is 0 Å². The number of anilines is 2. The summed E-state index contributed by atoms with van der Waals surface area (Å²) in [6.45, 7) is 9.66. The summed E-state index contributed by atoms with van der Waals surface area (Å²) in [5, 5.41) is 10.8. The molecule has 0 amide bonds. The lowest BCUT2D eigenvalue weighted by Crippen LogP contribution is -2.47. The molecule has 1 aliphatic heterocycles. The van der Waals surface area contributed by atoms with Crippen LogP contribution in [0.15, 0.2) is 30.3 Å². The second-order valence-corrected chi connectivity index (χ2v) is 6.63. The molecule has 1 saturated heterocycles. The molecule has 7 nitrogen and oxygen atoms in total. The molecule has 1 fully saturated rings. The Bertz CT molecular complexity index is 753. The predicted molar refractivity (Wildman–Crippen MR) is 98.4 cm³/mol. The van der Waals surface area contributed by atoms with Gasteiger partial charge in [0.2, 0.25) is 0 Å². The Balaban J connectivity index is 1.68. The molecule has 2 heterocycles. The molecular weight excluding hydrogens is 318 g/mol. The van der Waals surface area contributed by atoms with E-state index in [9.17, 15) is 10.1 Å². The zero-order valence-corrected chi connectivity index (χ0v) is 14.8. The average Bonchev–Trinajstić information content (AvgIpc) is 2.61. The van der Waals surface area contributed by atoms with E-state index in [1.54, 1.807) is 12.1 Å². The number of aryl methyl sites for hydroxylation is 1. The summed E-state index contributed by atoms with van der Waals surface area (Å²) in [7, 11) is 0. The van der Waals surface area contributed by atoms with E-state index < -0.39 is 0 Å². The van der Waals surface area contributed by atoms with Crippen LogP contribution in [0, 0.1) is 17.0 Å². The van der Waals surface area contributed by atoms with Crippen LogP contribution in [0.25, 0.3) is 0 Å². The van der Waals surface area contributed by atoms with Gasteiger partial charge in [-0.2, -0.15) is 0 Å². The van der Waals surface area contributed by atoms with Gasteiger partial charge in [-0.25, -0.2) is 9.97 Å². The number of piperazine rings is 1. The maximum absolute atomic E-state index is 10.8. The Morgan fingerprint density at radius 2 is 1.64 bits per heavy atom. The third-order valence-corrected chi connectivity index (χ3v) is 4.40. The first kappa shape index (κ1) is 17.1. The second kappa shape index (κ2) is 7.04. The fourth-order valence-electron chi connectivity index (χ4n) is 2.97. The largest absolute Gasteiger partial charge is 0.368 e. The number of rotatable bonds is 4. The Morgan fingerprint density at radius 1 is 1.04 bits per heavy atom. The Labute approximate surface area is 147 Å². The van der Waals surface area contributed by atoms with Crippen molar-refractivity contribution in [2.24, 2.45) is 0 Å². The van der Waals surface area contributed by atoms with Gasteiger partial charge in [0.15, 0.2) is 0 Å². The highest BCUT2D eigenvalue weighted by Gasteiger charge is 2.20. The molecule has 132 valence electrons. The normalized spacial score (nSPS) is 14.9. The number of benzene rings is 1. The van der Waals surface area contributed by atoms with E-state index >= 15 is 0 Å². The third kappa shape index (κ3) is 3.87. The number of nitro groups is 1. The molecule has 1 aromatic carbocycles. The summed E-state index contributed by atoms with van der Waals surface area (Å²) >= 11 is 0. The molecule has 0 atom stereocenters. The molecule has 0 radical (unpaired) electrons. The van der Waals surface area contributed by atoms with Crippen molar-refractivity contribution < 1.29 is 4.92 Å². The fraction of sp³-hybridized carbons (Fsp3) is 0.444. The van der Waals surface area contributed by atoms with Crippen LogP contribution in [0.2, 0.25) is 0 Å². The lowest BCUT2D eigenvalue weighted by atomic mass is 10.2. The smallest absolute Gasteiger partial charge is 0.269 e. The van der Waals surface area contributed by atoms with Crippen molar-refractivity contribution in [2.75, 3.05) is 36.0 Å². The molecule has 0 spiro atoms. The average molecular weight is 341 g/mol. The number of aromatic nitrogens is 2. The maximum Gasteiger partial charge on any atom is 0.269 e. The Morgan fingerprint density at radius 3 is 2.20 bits per heavy atom. The Kier molecular flexibility index (Phi) is 4.83. The van der Waals surface area contributed by atoms with Crippen LogP contribution in [-0.2, 0) is 0 Å². The van der Waals surface area contributed by atoms with Crippen LogP contribution in [0.4, 0.5) is 17.2 Å². The number of hydrogen-bond donors (Lipinski definition) is 0. The SMILES string of the molecule is Cc1cc(N2CCN(c3ccc([N+](=O)[O-])cc3)CC2)nc(C(C)C)n1. The fourth-order valence-corrected chi connectivity index (χ4v) is 2.97. The molecule has 2 aromatic rings. The maximum atomic E-state index is 10.8. The molecule has 0 N–H and O–H groups in total. The lowest BCUT2D eigenvalue weighted by molar-refractivity contribution is -0.384. The summed E-state index contributed by atoms with van der Waals surface area (Å²) in [6.07, 6.45) is 0. The molecular formula is C18H23N5O2. The molecule has 0 aliphatic carbocycles. The van der Waals surface area contributed by atoms with Crippen LogP contribution < -0.4 is 9.80 Å². The minimum absolute atomic E-state index is 0.125. The molecule has 0 bridgehead atoms. The summed E-state index contributed by atoms with van der Waals surface area (Å²) in [5.41, 5.74) is 2.14. The van der Waals surface area contributed by atoms with Gasteiger partial charge in [-0.15, -0.1) is 0 Å². The highest BCUT2D eigenvalue weighted by molar-refractivity contribution is 5.52. The van der Waals surface area contributed by atoms with Gasteiger partial charge in [-0.05, 0) is 19.1 Å². The summed E-state index contributed by atoms with van der Waals surface area (Å²) in [4.78, 5) is 24.1. The molecule has 3 rings (SSSR count). The van der Waals surface area contributed by atoms with Crippen molar-refractivity contribution >= 4 is 17.2 Å². The van der Waals surface area contributed by atoms with Crippen molar-refractivity contribution in [2.45, 2.75) is 26.7 Å². The first-order chi connectivity index (χ1) is 11.9. The summed E-state index contributed by atoms with van der Waals surface area (Å²) < 4.78 is 0. The predicted octanol–water partition coefficient (Wildman–Crippen LogP) is 3.14. The third-order valence-electron chi connectivity index (χ3n) is 4.40. The van der Waals surface area contributed by atoms with Crippen molar-refractivity contribution in [3.8, 4) is 0 Å². The topological polar surface area (TPSA) is 75.4 Å². The van der Waals surface area contributed by atoms with Crippen LogP contribution in [0.5, 0.6) is 0 Å². The second-order valence-electron chi connectivity index (χ2n) is 6.63. The van der Waals surface area contributed by atoms with Gasteiger partial charge in [-0.1, -0.05) is 13.8 Å². The minimum Gasteiger partial charge on any atom is -0.368 e. The number of non-ortho nitro benzene ring substituents is 1. The lowest BCUT2D eigenvalue weighted by Gasteiger charge is -2.37. The Hall–Kier alpha value is -2.70. The zero-order valence-electron chi connectivity index (χ0n) is 14.8. The molecule has 1 aliphatic rings. The van der Waals surface area contributed by atoms with Crippen molar-refractivity contribution in [1.29, 1.82) is 0 Å². The molecule has 0 saturated carbocycles. The van der Waals surface area contributed by atoms with E-state index in [1.165, 1.54) is 0 Å². The first-order valence-corrected chi connectivity index (χ1v) is 8.54. The highest BCUT2D eigenvalue weighted by Crippen LogP contribution is 2.23. The number of nitrogens with zero attached hydrogens (tertiary/aromatic N) is 5. The number of hydrogen-bond acceptors (Lipinski definition) is 6.